The fourth-order valence-electron chi connectivity index (χ4n) is 1.48. The Hall–Kier alpha value is 0.0700. The maximum Gasteiger partial charge on any atom is 0.118 e. The summed E-state index contributed by atoms with van der Waals surface area (Å²) < 4.78 is 5.73. The summed E-state index contributed by atoms with van der Waals surface area (Å²) in [5, 5.41) is 0.699. The van der Waals surface area contributed by atoms with Crippen molar-refractivity contribution in [2.45, 2.75) is 9.83 Å². The Morgan fingerprint density at radius 1 is 1.40 bits per heavy atom. The van der Waals surface area contributed by atoms with E-state index in [1.807, 2.05) is 35.7 Å². The SMILES string of the molecule is COc1ccc(C2SCC(CS)S2)cc1. The van der Waals surface area contributed by atoms with Gasteiger partial charge in [0.2, 0.25) is 0 Å². The Kier molecular flexibility index (Phi) is 4.17. The zero-order valence-electron chi connectivity index (χ0n) is 8.55. The Balaban J connectivity index is 2.04. The second kappa shape index (κ2) is 5.41. The van der Waals surface area contributed by atoms with Gasteiger partial charge in [-0.3, -0.25) is 0 Å². The normalized spacial score (nSPS) is 25.5. The first-order chi connectivity index (χ1) is 7.33. The average Bonchev–Trinajstić information content (AvgIpc) is 2.78. The van der Waals surface area contributed by atoms with Crippen LogP contribution in [0.3, 0.4) is 0 Å². The second-order valence-corrected chi connectivity index (χ2v) is 6.59. The third kappa shape index (κ3) is 2.80. The fourth-order valence-corrected chi connectivity index (χ4v) is 5.22. The summed E-state index contributed by atoms with van der Waals surface area (Å²) in [6, 6.07) is 8.38. The standard InChI is InChI=1S/C11H14OS3/c1-12-9-4-2-8(3-5-9)11-14-7-10(6-13)15-11/h2-5,10-11,13H,6-7H2,1H3. The molecule has 2 rings (SSSR count). The van der Waals surface area contributed by atoms with E-state index in [0.717, 1.165) is 11.5 Å². The molecular weight excluding hydrogens is 244 g/mol. The van der Waals surface area contributed by atoms with Crippen LogP contribution in [0.5, 0.6) is 5.75 Å². The van der Waals surface area contributed by atoms with Crippen LogP contribution < -0.4 is 4.74 Å². The van der Waals surface area contributed by atoms with E-state index in [0.29, 0.717) is 9.83 Å². The van der Waals surface area contributed by atoms with Crippen molar-refractivity contribution in [3.8, 4) is 5.75 Å². The predicted molar refractivity (Wildman–Crippen MR) is 73.4 cm³/mol. The van der Waals surface area contributed by atoms with E-state index in [1.54, 1.807) is 7.11 Å². The molecular formula is C11H14OS3. The fraction of sp³-hybridized carbons (Fsp3) is 0.455. The van der Waals surface area contributed by atoms with Crippen LogP contribution in [0, 0.1) is 0 Å². The minimum Gasteiger partial charge on any atom is -0.497 e. The zero-order chi connectivity index (χ0) is 10.7. The van der Waals surface area contributed by atoms with Gasteiger partial charge in [0.05, 0.1) is 11.7 Å². The molecule has 0 saturated carbocycles. The molecule has 0 amide bonds. The summed E-state index contributed by atoms with van der Waals surface area (Å²) in [5.41, 5.74) is 1.38. The first kappa shape index (κ1) is 11.6. The highest BCUT2D eigenvalue weighted by Gasteiger charge is 2.25. The van der Waals surface area contributed by atoms with E-state index in [9.17, 15) is 0 Å². The molecule has 1 fully saturated rings. The molecule has 1 nitrogen and oxygen atoms in total. The maximum absolute atomic E-state index is 5.15. The summed E-state index contributed by atoms with van der Waals surface area (Å²) in [5.74, 6) is 3.12. The molecule has 0 aliphatic carbocycles. The van der Waals surface area contributed by atoms with Crippen molar-refractivity contribution in [2.75, 3.05) is 18.6 Å². The average molecular weight is 258 g/mol. The van der Waals surface area contributed by atoms with Crippen LogP contribution >= 0.6 is 36.2 Å². The van der Waals surface area contributed by atoms with Crippen LogP contribution in [-0.4, -0.2) is 23.9 Å². The van der Waals surface area contributed by atoms with Gasteiger partial charge in [-0.25, -0.2) is 0 Å². The molecule has 15 heavy (non-hydrogen) atoms. The van der Waals surface area contributed by atoms with Gasteiger partial charge in [-0.05, 0) is 17.7 Å². The summed E-state index contributed by atoms with van der Waals surface area (Å²) in [4.78, 5) is 0. The van der Waals surface area contributed by atoms with E-state index in [2.05, 4.69) is 24.8 Å². The molecule has 1 heterocycles. The number of thioether (sulfide) groups is 2. The summed E-state index contributed by atoms with van der Waals surface area (Å²) in [6.07, 6.45) is 0. The van der Waals surface area contributed by atoms with Crippen LogP contribution in [-0.2, 0) is 0 Å². The van der Waals surface area contributed by atoms with Gasteiger partial charge < -0.3 is 4.74 Å². The molecule has 0 aromatic heterocycles. The van der Waals surface area contributed by atoms with Crippen molar-refractivity contribution >= 4 is 36.2 Å². The first-order valence-electron chi connectivity index (χ1n) is 4.85. The monoisotopic (exact) mass is 258 g/mol. The van der Waals surface area contributed by atoms with Gasteiger partial charge in [-0.15, -0.1) is 23.5 Å². The largest absolute Gasteiger partial charge is 0.497 e. The third-order valence-electron chi connectivity index (χ3n) is 2.34. The molecule has 0 radical (unpaired) electrons. The lowest BCUT2D eigenvalue weighted by molar-refractivity contribution is 0.414. The van der Waals surface area contributed by atoms with Gasteiger partial charge in [0, 0.05) is 16.8 Å². The van der Waals surface area contributed by atoms with Gasteiger partial charge >= 0.3 is 0 Å². The van der Waals surface area contributed by atoms with Crippen molar-refractivity contribution in [1.82, 2.24) is 0 Å². The number of hydrogen-bond acceptors (Lipinski definition) is 4. The van der Waals surface area contributed by atoms with Crippen LogP contribution in [0.1, 0.15) is 10.1 Å². The predicted octanol–water partition coefficient (Wildman–Crippen LogP) is 3.47. The molecule has 82 valence electrons. The lowest BCUT2D eigenvalue weighted by Gasteiger charge is -2.09. The molecule has 0 bridgehead atoms. The van der Waals surface area contributed by atoms with E-state index in [4.69, 9.17) is 4.74 Å². The second-order valence-electron chi connectivity index (χ2n) is 3.38. The molecule has 1 aliphatic heterocycles. The highest BCUT2D eigenvalue weighted by atomic mass is 32.2. The van der Waals surface area contributed by atoms with Gasteiger partial charge in [0.1, 0.15) is 5.75 Å². The number of thiol groups is 1. The van der Waals surface area contributed by atoms with Crippen molar-refractivity contribution in [1.29, 1.82) is 0 Å². The molecule has 2 unspecified atom stereocenters. The van der Waals surface area contributed by atoms with Gasteiger partial charge in [0.25, 0.3) is 0 Å². The number of ether oxygens (including phenoxy) is 1. The Morgan fingerprint density at radius 2 is 2.13 bits per heavy atom. The Labute approximate surface area is 105 Å². The first-order valence-corrected chi connectivity index (χ1v) is 7.47. The number of methoxy groups -OCH3 is 1. The van der Waals surface area contributed by atoms with Crippen LogP contribution in [0.25, 0.3) is 0 Å². The van der Waals surface area contributed by atoms with Crippen LogP contribution in [0.4, 0.5) is 0 Å². The summed E-state index contributed by atoms with van der Waals surface area (Å²) in [6.45, 7) is 0. The van der Waals surface area contributed by atoms with Crippen molar-refractivity contribution in [2.24, 2.45) is 0 Å². The maximum atomic E-state index is 5.15. The van der Waals surface area contributed by atoms with E-state index in [-0.39, 0.29) is 0 Å². The van der Waals surface area contributed by atoms with E-state index in [1.165, 1.54) is 11.3 Å². The van der Waals surface area contributed by atoms with Gasteiger partial charge in [0.15, 0.2) is 0 Å². The summed E-state index contributed by atoms with van der Waals surface area (Å²) in [7, 11) is 1.70. The van der Waals surface area contributed by atoms with Crippen molar-refractivity contribution in [3.63, 3.8) is 0 Å². The minimum atomic E-state index is 0.577. The number of rotatable bonds is 3. The van der Waals surface area contributed by atoms with Crippen LogP contribution in [0.15, 0.2) is 24.3 Å². The Morgan fingerprint density at radius 3 is 2.67 bits per heavy atom. The quantitative estimate of drug-likeness (QED) is 0.832. The van der Waals surface area contributed by atoms with E-state index < -0.39 is 0 Å². The van der Waals surface area contributed by atoms with Gasteiger partial charge in [-0.1, -0.05) is 12.1 Å². The molecule has 1 aromatic rings. The highest BCUT2D eigenvalue weighted by Crippen LogP contribution is 2.49. The van der Waals surface area contributed by atoms with Crippen molar-refractivity contribution < 1.29 is 4.74 Å². The van der Waals surface area contributed by atoms with Gasteiger partial charge in [-0.2, -0.15) is 12.6 Å². The molecule has 1 aromatic carbocycles. The molecule has 0 N–H and O–H groups in total. The molecule has 0 spiro atoms. The minimum absolute atomic E-state index is 0.577. The summed E-state index contributed by atoms with van der Waals surface area (Å²) >= 11 is 8.38. The molecule has 1 saturated heterocycles. The lowest BCUT2D eigenvalue weighted by Crippen LogP contribution is -2.01. The third-order valence-corrected chi connectivity index (χ3v) is 6.39. The van der Waals surface area contributed by atoms with Crippen LogP contribution in [0.2, 0.25) is 0 Å². The zero-order valence-corrected chi connectivity index (χ0v) is 11.1. The molecule has 1 aliphatic rings. The smallest absolute Gasteiger partial charge is 0.118 e. The molecule has 4 heteroatoms. The van der Waals surface area contributed by atoms with Crippen molar-refractivity contribution in [3.05, 3.63) is 29.8 Å². The number of benzene rings is 1. The number of hydrogen-bond donors (Lipinski definition) is 1. The lowest BCUT2D eigenvalue weighted by atomic mass is 10.2. The van der Waals surface area contributed by atoms with E-state index >= 15 is 0 Å². The topological polar surface area (TPSA) is 9.23 Å². The highest BCUT2D eigenvalue weighted by molar-refractivity contribution is 8.20. The Bertz CT molecular complexity index is 312. The molecule has 2 atom stereocenters.